The van der Waals surface area contributed by atoms with Gasteiger partial charge in [0.2, 0.25) is 0 Å². The lowest BCUT2D eigenvalue weighted by Gasteiger charge is -2.18. The minimum atomic E-state index is -0.758. The molecule has 0 radical (unpaired) electrons. The predicted octanol–water partition coefficient (Wildman–Crippen LogP) is 14.3. The number of unbranched alkanes of at least 4 members (excludes halogenated alkanes) is 28. The Labute approximate surface area is 323 Å². The first-order chi connectivity index (χ1) is 25.4. The summed E-state index contributed by atoms with van der Waals surface area (Å²) in [7, 11) is 0. The van der Waals surface area contributed by atoms with E-state index in [0.29, 0.717) is 19.3 Å². The topological polar surface area (TPSA) is 78.9 Å². The number of rotatable bonds is 41. The zero-order chi connectivity index (χ0) is 38.2. The Balaban J connectivity index is 4.22. The average molecular weight is 737 g/mol. The van der Waals surface area contributed by atoms with E-state index in [1.807, 2.05) is 0 Å². The van der Waals surface area contributed by atoms with Gasteiger partial charge in [-0.2, -0.15) is 0 Å². The molecule has 0 fully saturated rings. The molecule has 0 saturated carbocycles. The minimum Gasteiger partial charge on any atom is -0.462 e. The second-order valence-electron chi connectivity index (χ2n) is 16.2. The van der Waals surface area contributed by atoms with Crippen LogP contribution in [0.5, 0.6) is 0 Å². The average Bonchev–Trinajstić information content (AvgIpc) is 3.12. The molecule has 6 nitrogen and oxygen atoms in total. The van der Waals surface area contributed by atoms with Crippen molar-refractivity contribution in [3.63, 3.8) is 0 Å². The molecule has 0 aromatic heterocycles. The van der Waals surface area contributed by atoms with Crippen molar-refractivity contribution in [2.75, 3.05) is 13.2 Å². The molecule has 0 aliphatic rings. The molecule has 6 heteroatoms. The first kappa shape index (κ1) is 50.4. The Hall–Kier alpha value is -1.59. The molecule has 0 rings (SSSR count). The maximum Gasteiger partial charge on any atom is 0.306 e. The van der Waals surface area contributed by atoms with E-state index >= 15 is 0 Å². The SMILES string of the molecule is CCCCCCCCCCCCCCCCCC(=O)OC[C@@H](COC(=O)CCCCCCCCCCCC(C)C)OC(=O)CCCCCCCCC. The van der Waals surface area contributed by atoms with Crippen LogP contribution in [0.25, 0.3) is 0 Å². The van der Waals surface area contributed by atoms with E-state index in [4.69, 9.17) is 14.2 Å². The van der Waals surface area contributed by atoms with Gasteiger partial charge in [-0.1, -0.05) is 214 Å². The Morgan fingerprint density at radius 1 is 0.365 bits per heavy atom. The van der Waals surface area contributed by atoms with Crippen molar-refractivity contribution in [2.45, 2.75) is 259 Å². The maximum absolute atomic E-state index is 12.6. The van der Waals surface area contributed by atoms with Crippen LogP contribution in [0.2, 0.25) is 0 Å². The largest absolute Gasteiger partial charge is 0.462 e. The van der Waals surface area contributed by atoms with Crippen LogP contribution in [-0.2, 0) is 28.6 Å². The highest BCUT2D eigenvalue weighted by molar-refractivity contribution is 5.71. The molecule has 1 atom stereocenters. The van der Waals surface area contributed by atoms with Gasteiger partial charge in [0, 0.05) is 19.3 Å². The Kier molecular flexibility index (Phi) is 39.4. The molecule has 0 bridgehead atoms. The Morgan fingerprint density at radius 2 is 0.635 bits per heavy atom. The van der Waals surface area contributed by atoms with Crippen LogP contribution in [0.15, 0.2) is 0 Å². The molecule has 308 valence electrons. The van der Waals surface area contributed by atoms with Gasteiger partial charge in [-0.25, -0.2) is 0 Å². The quantitative estimate of drug-likeness (QED) is 0.0353. The van der Waals surface area contributed by atoms with Gasteiger partial charge in [-0.3, -0.25) is 14.4 Å². The van der Waals surface area contributed by atoms with Gasteiger partial charge in [0.25, 0.3) is 0 Å². The zero-order valence-electron chi connectivity index (χ0n) is 35.3. The lowest BCUT2D eigenvalue weighted by molar-refractivity contribution is -0.167. The summed E-state index contributed by atoms with van der Waals surface area (Å²) in [5.41, 5.74) is 0. The molecule has 0 aliphatic carbocycles. The lowest BCUT2D eigenvalue weighted by atomic mass is 10.0. The van der Waals surface area contributed by atoms with Crippen molar-refractivity contribution >= 4 is 17.9 Å². The molecule has 0 N–H and O–H groups in total. The van der Waals surface area contributed by atoms with E-state index in [2.05, 4.69) is 27.7 Å². The third-order valence-corrected chi connectivity index (χ3v) is 10.3. The first-order valence-corrected chi connectivity index (χ1v) is 22.9. The van der Waals surface area contributed by atoms with Gasteiger partial charge in [-0.05, 0) is 25.2 Å². The van der Waals surface area contributed by atoms with E-state index in [0.717, 1.165) is 63.7 Å². The monoisotopic (exact) mass is 737 g/mol. The fourth-order valence-electron chi connectivity index (χ4n) is 6.80. The van der Waals surface area contributed by atoms with E-state index in [1.165, 1.54) is 148 Å². The molecular formula is C46H88O6. The highest BCUT2D eigenvalue weighted by Gasteiger charge is 2.19. The van der Waals surface area contributed by atoms with Crippen molar-refractivity contribution in [3.8, 4) is 0 Å². The summed E-state index contributed by atoms with van der Waals surface area (Å²) in [6.45, 7) is 8.94. The van der Waals surface area contributed by atoms with Crippen molar-refractivity contribution < 1.29 is 28.6 Å². The predicted molar refractivity (Wildman–Crippen MR) is 220 cm³/mol. The standard InChI is InChI=1S/C46H88O6/c1-5-7-9-11-13-14-15-16-17-18-19-22-26-29-33-37-44(47)50-40-43(52-46(49)39-35-31-24-12-10-8-6-2)41-51-45(48)38-34-30-27-23-20-21-25-28-32-36-42(3)4/h42-43H,5-41H2,1-4H3/t43-/m0/s1. The number of carbonyl (C=O) groups excluding carboxylic acids is 3. The summed E-state index contributed by atoms with van der Waals surface area (Å²) in [6.07, 6.45) is 39.6. The minimum absolute atomic E-state index is 0.0644. The highest BCUT2D eigenvalue weighted by atomic mass is 16.6. The third-order valence-electron chi connectivity index (χ3n) is 10.3. The molecule has 0 spiro atoms. The van der Waals surface area contributed by atoms with Gasteiger partial charge < -0.3 is 14.2 Å². The molecule has 0 aromatic carbocycles. The number of ether oxygens (including phenoxy) is 3. The van der Waals surface area contributed by atoms with Crippen molar-refractivity contribution in [1.82, 2.24) is 0 Å². The van der Waals surface area contributed by atoms with Gasteiger partial charge in [0.15, 0.2) is 6.10 Å². The molecule has 0 heterocycles. The normalized spacial score (nSPS) is 11.9. The highest BCUT2D eigenvalue weighted by Crippen LogP contribution is 2.16. The lowest BCUT2D eigenvalue weighted by Crippen LogP contribution is -2.30. The van der Waals surface area contributed by atoms with E-state index < -0.39 is 6.10 Å². The van der Waals surface area contributed by atoms with Gasteiger partial charge in [0.05, 0.1) is 0 Å². The Bertz CT molecular complexity index is 781. The third kappa shape index (κ3) is 39.6. The van der Waals surface area contributed by atoms with E-state index in [9.17, 15) is 14.4 Å². The maximum atomic E-state index is 12.6. The van der Waals surface area contributed by atoms with Crippen LogP contribution >= 0.6 is 0 Å². The van der Waals surface area contributed by atoms with E-state index in [1.54, 1.807) is 0 Å². The fourth-order valence-corrected chi connectivity index (χ4v) is 6.80. The van der Waals surface area contributed by atoms with Crippen LogP contribution in [0, 0.1) is 5.92 Å². The Morgan fingerprint density at radius 3 is 0.942 bits per heavy atom. The van der Waals surface area contributed by atoms with Gasteiger partial charge in [0.1, 0.15) is 13.2 Å². The van der Waals surface area contributed by atoms with Crippen LogP contribution in [-0.4, -0.2) is 37.2 Å². The molecule has 0 unspecified atom stereocenters. The molecule has 0 saturated heterocycles. The summed E-state index contributed by atoms with van der Waals surface area (Å²) in [5.74, 6) is -0.0524. The second-order valence-corrected chi connectivity index (χ2v) is 16.2. The van der Waals surface area contributed by atoms with E-state index in [-0.39, 0.29) is 31.1 Å². The summed E-state index contributed by atoms with van der Waals surface area (Å²) >= 11 is 0. The van der Waals surface area contributed by atoms with Gasteiger partial charge in [-0.15, -0.1) is 0 Å². The van der Waals surface area contributed by atoms with Crippen molar-refractivity contribution in [1.29, 1.82) is 0 Å². The second kappa shape index (κ2) is 40.6. The van der Waals surface area contributed by atoms with Crippen LogP contribution in [0.3, 0.4) is 0 Å². The fraction of sp³-hybridized carbons (Fsp3) is 0.935. The first-order valence-electron chi connectivity index (χ1n) is 22.9. The van der Waals surface area contributed by atoms with Crippen LogP contribution in [0.4, 0.5) is 0 Å². The zero-order valence-corrected chi connectivity index (χ0v) is 35.3. The molecular weight excluding hydrogens is 649 g/mol. The molecule has 0 aromatic rings. The van der Waals surface area contributed by atoms with Gasteiger partial charge >= 0.3 is 17.9 Å². The number of hydrogen-bond donors (Lipinski definition) is 0. The summed E-state index contributed by atoms with van der Waals surface area (Å²) < 4.78 is 16.7. The summed E-state index contributed by atoms with van der Waals surface area (Å²) in [5, 5.41) is 0. The smallest absolute Gasteiger partial charge is 0.306 e. The number of esters is 3. The summed E-state index contributed by atoms with van der Waals surface area (Å²) in [4.78, 5) is 37.6. The molecule has 52 heavy (non-hydrogen) atoms. The number of carbonyl (C=O) groups is 3. The van der Waals surface area contributed by atoms with Crippen molar-refractivity contribution in [2.24, 2.45) is 5.92 Å². The van der Waals surface area contributed by atoms with Crippen molar-refractivity contribution in [3.05, 3.63) is 0 Å². The number of hydrogen-bond acceptors (Lipinski definition) is 6. The van der Waals surface area contributed by atoms with Crippen LogP contribution in [0.1, 0.15) is 252 Å². The molecule has 0 amide bonds. The summed E-state index contributed by atoms with van der Waals surface area (Å²) in [6, 6.07) is 0. The molecule has 0 aliphatic heterocycles. The van der Waals surface area contributed by atoms with Crippen LogP contribution < -0.4 is 0 Å².